The highest BCUT2D eigenvalue weighted by molar-refractivity contribution is 7.87. The number of fused-ring (bicyclic) bond motifs is 11. The second-order valence-corrected chi connectivity index (χ2v) is 35.3. The van der Waals surface area contributed by atoms with Crippen molar-refractivity contribution in [2.45, 2.75) is 210 Å². The van der Waals surface area contributed by atoms with Gasteiger partial charge in [-0.05, 0) is 220 Å². The topological polar surface area (TPSA) is 267 Å². The molecule has 0 amide bonds. The van der Waals surface area contributed by atoms with Gasteiger partial charge >= 0.3 is 0 Å². The Morgan fingerprint density at radius 2 is 0.904 bits per heavy atom. The lowest BCUT2D eigenvalue weighted by Gasteiger charge is -2.63. The molecule has 0 bridgehead atoms. The van der Waals surface area contributed by atoms with Gasteiger partial charge in [-0.2, -0.15) is 33.7 Å². The highest BCUT2D eigenvalue weighted by Crippen LogP contribution is 2.72. The first-order chi connectivity index (χ1) is 33.4. The Bertz CT molecular complexity index is 2680. The zero-order valence-electron chi connectivity index (χ0n) is 44.6. The molecule has 15 nitrogen and oxygen atoms in total. The molecule has 26 atom stereocenters. The van der Waals surface area contributed by atoms with Gasteiger partial charge in [-0.15, -0.1) is 0 Å². The molecule has 9 saturated carbocycles. The normalized spacial score (nSPS) is 53.5. The predicted octanol–water partition coefficient (Wildman–Crippen LogP) is 8.53. The van der Waals surface area contributed by atoms with Crippen molar-refractivity contribution in [3.63, 3.8) is 0 Å². The molecule has 1 aliphatic heterocycles. The summed E-state index contributed by atoms with van der Waals surface area (Å²) in [5.41, 5.74) is -2.20. The molecular formula is C54H88O15S4. The lowest BCUT2D eigenvalue weighted by molar-refractivity contribution is -0.134. The van der Waals surface area contributed by atoms with E-state index in [0.717, 1.165) is 64.2 Å². The SMILES string of the molecule is C[C@H](/C=C/C1C2CC([C@@H](C)[C@H]3CC[C@H]4[C@@H]5C[C@H](S(=O)(=O)O)C6C[C@@H](O)[C@@H](S(=O)(=O)O)C[C@]6(C)[C@H]5CC[C@]34C)OC2(C)CC1(C)C)[C@H]1CC[C@H]2[C@@H]3C[C@H](S(=O)(=O)O)C4C[C@@H](O)[C@@H](S(=O)(=O)O)C[C@]4(C)[C@H]3CC[C@]12C. The first-order valence-corrected chi connectivity index (χ1v) is 34.0. The standard InChI is InChI=1S/C54H88O15S4/c1-28(32-12-14-34-30-20-45(70(57,58)59)40-22-42(55)47(72(63,64)65)25-52(40,7)36(30)16-18-50(32,34)5)10-11-38-39-24-44(69-54(39,9)27-49(38,3)4)29(2)33-13-15-35-31-21-46(71(60,61)62)41-23-43(56)48(73(66,67)68)26-53(41,8)37(31)17-19-51(33,35)6/h10-11,28-48,55-56H,12-27H2,1-9H3,(H,57,58,59)(H,60,61,62)(H,63,64,65)(H,66,67,68)/b11-10+/t28-,29+,30+,31+,32-,33-,34+,35+,36+,37+,38?,39?,40?,41?,42-,43-,44?,45+,46+,47+,48+,50-,51-,52-,53-,54?/m1/s1. The number of aliphatic hydroxyl groups excluding tert-OH is 2. The van der Waals surface area contributed by atoms with Crippen LogP contribution in [0.3, 0.4) is 0 Å². The second-order valence-electron chi connectivity index (χ2n) is 28.7. The number of hydrogen-bond acceptors (Lipinski definition) is 11. The van der Waals surface area contributed by atoms with Crippen molar-refractivity contribution in [2.24, 2.45) is 110 Å². The molecule has 0 aromatic heterocycles. The van der Waals surface area contributed by atoms with Crippen molar-refractivity contribution in [2.75, 3.05) is 0 Å². The van der Waals surface area contributed by atoms with E-state index in [1.807, 2.05) is 13.8 Å². The van der Waals surface area contributed by atoms with Gasteiger partial charge in [-0.25, -0.2) is 0 Å². The maximum atomic E-state index is 13.2. The quantitative estimate of drug-likeness (QED) is 0.0933. The molecule has 0 aromatic rings. The van der Waals surface area contributed by atoms with Crippen molar-refractivity contribution in [3.05, 3.63) is 12.2 Å². The highest BCUT2D eigenvalue weighted by Gasteiger charge is 2.69. The number of hydrogen-bond donors (Lipinski definition) is 6. The summed E-state index contributed by atoms with van der Waals surface area (Å²) in [6.07, 6.45) is 11.3. The number of ether oxygens (including phenoxy) is 1. The van der Waals surface area contributed by atoms with Crippen LogP contribution in [0.5, 0.6) is 0 Å². The lowest BCUT2D eigenvalue weighted by atomic mass is 9.44. The van der Waals surface area contributed by atoms with Crippen LogP contribution in [0, 0.1) is 110 Å². The Morgan fingerprint density at radius 1 is 0.493 bits per heavy atom. The summed E-state index contributed by atoms with van der Waals surface area (Å²) in [4.78, 5) is 0. The molecule has 10 fully saturated rings. The fraction of sp³-hybridized carbons (Fsp3) is 0.963. The summed E-state index contributed by atoms with van der Waals surface area (Å²) < 4.78 is 152. The van der Waals surface area contributed by atoms with Crippen molar-refractivity contribution >= 4 is 40.5 Å². The fourth-order valence-electron chi connectivity index (χ4n) is 22.3. The minimum Gasteiger partial charge on any atom is -0.392 e. The van der Waals surface area contributed by atoms with E-state index in [-0.39, 0.29) is 120 Å². The Labute approximate surface area is 437 Å². The van der Waals surface area contributed by atoms with Crippen LogP contribution in [-0.2, 0) is 45.2 Å². The van der Waals surface area contributed by atoms with Crippen molar-refractivity contribution in [3.8, 4) is 0 Å². The minimum atomic E-state index is -4.60. The zero-order chi connectivity index (χ0) is 53.6. The monoisotopic (exact) mass is 1100 g/mol. The van der Waals surface area contributed by atoms with Crippen molar-refractivity contribution in [1.82, 2.24) is 0 Å². The van der Waals surface area contributed by atoms with Crippen LogP contribution >= 0.6 is 0 Å². The van der Waals surface area contributed by atoms with Gasteiger partial charge in [0.25, 0.3) is 40.5 Å². The van der Waals surface area contributed by atoms with E-state index in [1.54, 1.807) is 0 Å². The Hall–Kier alpha value is -0.740. The van der Waals surface area contributed by atoms with E-state index in [2.05, 4.69) is 60.6 Å². The van der Waals surface area contributed by atoms with E-state index in [0.29, 0.717) is 17.8 Å². The number of rotatable bonds is 9. The van der Waals surface area contributed by atoms with E-state index < -0.39 is 96.3 Å². The molecule has 9 aliphatic carbocycles. The van der Waals surface area contributed by atoms with Gasteiger partial charge in [0, 0.05) is 0 Å². The maximum Gasteiger partial charge on any atom is 0.270 e. The third-order valence-corrected chi connectivity index (χ3v) is 30.4. The fourth-order valence-corrected chi connectivity index (χ4v) is 27.0. The van der Waals surface area contributed by atoms with Gasteiger partial charge in [0.15, 0.2) is 0 Å². The van der Waals surface area contributed by atoms with Crippen molar-refractivity contribution in [1.29, 1.82) is 0 Å². The Kier molecular flexibility index (Phi) is 13.4. The summed E-state index contributed by atoms with van der Waals surface area (Å²) in [7, 11) is -18.3. The van der Waals surface area contributed by atoms with E-state index in [9.17, 15) is 62.1 Å². The smallest absolute Gasteiger partial charge is 0.270 e. The van der Waals surface area contributed by atoms with Crippen LogP contribution in [0.4, 0.5) is 0 Å². The molecule has 0 spiro atoms. The molecule has 1 saturated heterocycles. The largest absolute Gasteiger partial charge is 0.392 e. The molecule has 6 N–H and O–H groups in total. The molecule has 73 heavy (non-hydrogen) atoms. The summed E-state index contributed by atoms with van der Waals surface area (Å²) in [6.45, 7) is 20.3. The number of aliphatic hydroxyl groups is 2. The highest BCUT2D eigenvalue weighted by atomic mass is 32.2. The summed E-state index contributed by atoms with van der Waals surface area (Å²) >= 11 is 0. The van der Waals surface area contributed by atoms with E-state index in [1.165, 1.54) is 0 Å². The summed E-state index contributed by atoms with van der Waals surface area (Å²) in [6, 6.07) is 0. The molecule has 6 unspecified atom stereocenters. The van der Waals surface area contributed by atoms with Crippen LogP contribution in [0.2, 0.25) is 0 Å². The molecule has 418 valence electrons. The first kappa shape index (κ1) is 55.6. The summed E-state index contributed by atoms with van der Waals surface area (Å²) in [5, 5.41) is 16.8. The lowest BCUT2D eigenvalue weighted by Crippen LogP contribution is -2.62. The van der Waals surface area contributed by atoms with Gasteiger partial charge in [-0.3, -0.25) is 18.2 Å². The maximum absolute atomic E-state index is 13.2. The van der Waals surface area contributed by atoms with Crippen molar-refractivity contribution < 1.29 is 66.8 Å². The van der Waals surface area contributed by atoms with Gasteiger partial charge in [-0.1, -0.05) is 67.5 Å². The minimum absolute atomic E-state index is 0.00527. The molecule has 19 heteroatoms. The second kappa shape index (κ2) is 17.6. The third-order valence-electron chi connectivity index (χ3n) is 25.3. The summed E-state index contributed by atoms with van der Waals surface area (Å²) in [5.74, 6) is 0.595. The molecule has 10 aliphatic rings. The average Bonchev–Trinajstić information content (AvgIpc) is 3.95. The number of allylic oxidation sites excluding steroid dienone is 2. The first-order valence-electron chi connectivity index (χ1n) is 28.0. The van der Waals surface area contributed by atoms with E-state index >= 15 is 0 Å². The van der Waals surface area contributed by atoms with E-state index in [4.69, 9.17) is 4.74 Å². The van der Waals surface area contributed by atoms with Gasteiger partial charge in [0.05, 0.1) is 34.4 Å². The van der Waals surface area contributed by atoms with Crippen LogP contribution in [0.15, 0.2) is 12.2 Å². The van der Waals surface area contributed by atoms with Gasteiger partial charge in [0.1, 0.15) is 10.5 Å². The zero-order valence-corrected chi connectivity index (χ0v) is 47.8. The van der Waals surface area contributed by atoms with Gasteiger partial charge in [0.2, 0.25) is 0 Å². The van der Waals surface area contributed by atoms with Crippen LogP contribution < -0.4 is 0 Å². The van der Waals surface area contributed by atoms with Crippen LogP contribution in [0.25, 0.3) is 0 Å². The van der Waals surface area contributed by atoms with Crippen LogP contribution in [0.1, 0.15) is 165 Å². The third kappa shape index (κ3) is 8.61. The molecule has 0 aromatic carbocycles. The molecule has 0 radical (unpaired) electrons. The predicted molar refractivity (Wildman–Crippen MR) is 276 cm³/mol. The van der Waals surface area contributed by atoms with Crippen LogP contribution in [-0.4, -0.2) is 107 Å². The Balaban J connectivity index is 0.846. The average molecular weight is 1110 g/mol. The molecule has 10 rings (SSSR count). The molecule has 1 heterocycles. The molecular weight excluding hydrogens is 1020 g/mol. The Morgan fingerprint density at radius 3 is 1.34 bits per heavy atom. The van der Waals surface area contributed by atoms with Gasteiger partial charge < -0.3 is 14.9 Å².